The fourth-order valence-corrected chi connectivity index (χ4v) is 2.29. The molecule has 0 aliphatic rings. The molecule has 0 unspecified atom stereocenters. The van der Waals surface area contributed by atoms with Gasteiger partial charge in [-0.15, -0.1) is 12.4 Å². The monoisotopic (exact) mass is 339 g/mol. The normalized spacial score (nSPS) is 11.9. The van der Waals surface area contributed by atoms with E-state index in [2.05, 4.69) is 4.72 Å². The maximum Gasteiger partial charge on any atom is 0.289 e. The summed E-state index contributed by atoms with van der Waals surface area (Å²) >= 11 is 0. The fraction of sp³-hybridized carbons (Fsp3) is 0.583. The largest absolute Gasteiger partial charge is 0.438 e. The zero-order valence-electron chi connectivity index (χ0n) is 12.5. The summed E-state index contributed by atoms with van der Waals surface area (Å²) in [6, 6.07) is 2.60. The van der Waals surface area contributed by atoms with Gasteiger partial charge in [0, 0.05) is 13.6 Å². The number of amides is 1. The van der Waals surface area contributed by atoms with Gasteiger partial charge in [-0.3, -0.25) is 4.79 Å². The van der Waals surface area contributed by atoms with Crippen LogP contribution in [-0.4, -0.2) is 46.4 Å². The Hall–Kier alpha value is -1.09. The van der Waals surface area contributed by atoms with Crippen LogP contribution in [-0.2, 0) is 10.0 Å². The molecular weight excluding hydrogens is 318 g/mol. The van der Waals surface area contributed by atoms with Crippen LogP contribution in [0.25, 0.3) is 0 Å². The molecule has 3 N–H and O–H groups in total. The molecule has 0 spiro atoms. The van der Waals surface area contributed by atoms with E-state index in [-0.39, 0.29) is 34.6 Å². The number of halogens is 1. The van der Waals surface area contributed by atoms with Crippen molar-refractivity contribution >= 4 is 28.3 Å². The Morgan fingerprint density at radius 3 is 2.48 bits per heavy atom. The molecule has 7 nitrogen and oxygen atoms in total. The molecule has 1 aromatic rings. The smallest absolute Gasteiger partial charge is 0.289 e. The molecule has 0 fully saturated rings. The van der Waals surface area contributed by atoms with Crippen LogP contribution in [0.15, 0.2) is 21.6 Å². The molecule has 9 heteroatoms. The van der Waals surface area contributed by atoms with Crippen LogP contribution in [0.5, 0.6) is 0 Å². The Bertz CT molecular complexity index is 583. The third-order valence-electron chi connectivity index (χ3n) is 2.89. The topological polar surface area (TPSA) is 106 Å². The highest BCUT2D eigenvalue weighted by Gasteiger charge is 2.25. The van der Waals surface area contributed by atoms with Crippen molar-refractivity contribution in [2.45, 2.75) is 18.9 Å². The number of carbonyl (C=O) groups excluding carboxylic acids is 1. The summed E-state index contributed by atoms with van der Waals surface area (Å²) < 4.78 is 30.3. The SMILES string of the molecule is CNS(=O)(=O)c1ccc(C(=O)N(C)CC(C)(C)CN)o1.Cl. The minimum atomic E-state index is -3.68. The lowest BCUT2D eigenvalue weighted by molar-refractivity contribution is 0.0703. The third-order valence-corrected chi connectivity index (χ3v) is 4.18. The highest BCUT2D eigenvalue weighted by molar-refractivity contribution is 7.89. The van der Waals surface area contributed by atoms with Gasteiger partial charge in [-0.2, -0.15) is 0 Å². The van der Waals surface area contributed by atoms with Crippen LogP contribution in [0.3, 0.4) is 0 Å². The molecule has 0 radical (unpaired) electrons. The number of sulfonamides is 1. The van der Waals surface area contributed by atoms with Crippen molar-refractivity contribution < 1.29 is 17.6 Å². The third kappa shape index (κ3) is 4.99. The summed E-state index contributed by atoms with van der Waals surface area (Å²) in [6.07, 6.45) is 0. The lowest BCUT2D eigenvalue weighted by Crippen LogP contribution is -2.39. The molecule has 1 aromatic heterocycles. The molecule has 1 rings (SSSR count). The highest BCUT2D eigenvalue weighted by atomic mass is 35.5. The average molecular weight is 340 g/mol. The van der Waals surface area contributed by atoms with Gasteiger partial charge in [-0.1, -0.05) is 13.8 Å². The van der Waals surface area contributed by atoms with Gasteiger partial charge < -0.3 is 15.1 Å². The average Bonchev–Trinajstić information content (AvgIpc) is 2.87. The van der Waals surface area contributed by atoms with Gasteiger partial charge in [0.25, 0.3) is 15.9 Å². The fourth-order valence-electron chi connectivity index (χ4n) is 1.65. The molecule has 122 valence electrons. The molecule has 0 aliphatic heterocycles. The van der Waals surface area contributed by atoms with Crippen molar-refractivity contribution in [2.24, 2.45) is 11.1 Å². The Morgan fingerprint density at radius 1 is 1.43 bits per heavy atom. The first-order valence-corrected chi connectivity index (χ1v) is 7.60. The second kappa shape index (κ2) is 7.26. The van der Waals surface area contributed by atoms with Gasteiger partial charge in [0.1, 0.15) is 0 Å². The summed E-state index contributed by atoms with van der Waals surface area (Å²) in [5.41, 5.74) is 5.40. The summed E-state index contributed by atoms with van der Waals surface area (Å²) in [4.78, 5) is 13.6. The zero-order valence-corrected chi connectivity index (χ0v) is 14.2. The van der Waals surface area contributed by atoms with Gasteiger partial charge in [0.15, 0.2) is 5.76 Å². The standard InChI is InChI=1S/C12H21N3O4S.ClH/c1-12(2,7-13)8-15(4)11(16)9-5-6-10(19-9)20(17,18)14-3;/h5-6,14H,7-8,13H2,1-4H3;1H. The van der Waals surface area contributed by atoms with E-state index in [9.17, 15) is 13.2 Å². The molecule has 0 aromatic carbocycles. The second-order valence-corrected chi connectivity index (χ2v) is 7.17. The number of rotatable bonds is 6. The summed E-state index contributed by atoms with van der Waals surface area (Å²) in [6.45, 7) is 4.75. The van der Waals surface area contributed by atoms with Crippen molar-refractivity contribution in [1.82, 2.24) is 9.62 Å². The van der Waals surface area contributed by atoms with E-state index in [1.165, 1.54) is 24.1 Å². The first kappa shape index (κ1) is 19.9. The Labute approximate surface area is 131 Å². The van der Waals surface area contributed by atoms with Gasteiger partial charge in [0.05, 0.1) is 0 Å². The molecular formula is C12H22ClN3O4S. The molecule has 0 bridgehead atoms. The quantitative estimate of drug-likeness (QED) is 0.792. The minimum Gasteiger partial charge on any atom is -0.438 e. The van der Waals surface area contributed by atoms with Crippen molar-refractivity contribution in [3.63, 3.8) is 0 Å². The Morgan fingerprint density at radius 2 is 2.00 bits per heavy atom. The van der Waals surface area contributed by atoms with E-state index in [1.54, 1.807) is 7.05 Å². The molecule has 0 saturated carbocycles. The Balaban J connectivity index is 0.00000400. The number of hydrogen-bond donors (Lipinski definition) is 2. The number of furan rings is 1. The van der Waals surface area contributed by atoms with Gasteiger partial charge >= 0.3 is 0 Å². The molecule has 1 amide bonds. The molecule has 1 heterocycles. The summed E-state index contributed by atoms with van der Waals surface area (Å²) in [5.74, 6) is -0.404. The summed E-state index contributed by atoms with van der Waals surface area (Å²) in [5, 5.41) is -0.283. The number of carbonyl (C=O) groups is 1. The molecule has 0 saturated heterocycles. The van der Waals surface area contributed by atoms with Gasteiger partial charge in [-0.25, -0.2) is 13.1 Å². The van der Waals surface area contributed by atoms with E-state index in [1.807, 2.05) is 13.8 Å². The van der Waals surface area contributed by atoms with Gasteiger partial charge in [0.2, 0.25) is 5.09 Å². The van der Waals surface area contributed by atoms with Crippen molar-refractivity contribution in [1.29, 1.82) is 0 Å². The van der Waals surface area contributed by atoms with Crippen LogP contribution in [0.1, 0.15) is 24.4 Å². The molecule has 21 heavy (non-hydrogen) atoms. The van der Waals surface area contributed by atoms with Crippen LogP contribution >= 0.6 is 12.4 Å². The van der Waals surface area contributed by atoms with E-state index < -0.39 is 10.0 Å². The predicted molar refractivity (Wildman–Crippen MR) is 82.0 cm³/mol. The summed E-state index contributed by atoms with van der Waals surface area (Å²) in [7, 11) is -0.791. The Kier molecular flexibility index (Phi) is 6.88. The first-order chi connectivity index (χ1) is 9.13. The van der Waals surface area contributed by atoms with Crippen molar-refractivity contribution in [3.8, 4) is 0 Å². The van der Waals surface area contributed by atoms with Crippen LogP contribution in [0.4, 0.5) is 0 Å². The number of nitrogens with zero attached hydrogens (tertiary/aromatic N) is 1. The lowest BCUT2D eigenvalue weighted by Gasteiger charge is -2.28. The predicted octanol–water partition coefficient (Wildman–Crippen LogP) is 0.666. The van der Waals surface area contributed by atoms with Crippen molar-refractivity contribution in [2.75, 3.05) is 27.2 Å². The molecule has 0 aliphatic carbocycles. The van der Waals surface area contributed by atoms with Crippen molar-refractivity contribution in [3.05, 3.63) is 17.9 Å². The number of hydrogen-bond acceptors (Lipinski definition) is 5. The van der Waals surface area contributed by atoms with E-state index in [0.29, 0.717) is 13.1 Å². The maximum atomic E-state index is 12.1. The number of nitrogens with two attached hydrogens (primary N) is 1. The first-order valence-electron chi connectivity index (χ1n) is 6.12. The van der Waals surface area contributed by atoms with Crippen LogP contribution < -0.4 is 10.5 Å². The molecule has 0 atom stereocenters. The van der Waals surface area contributed by atoms with E-state index in [0.717, 1.165) is 0 Å². The maximum absolute atomic E-state index is 12.1. The van der Waals surface area contributed by atoms with Gasteiger partial charge in [-0.05, 0) is 31.1 Å². The zero-order chi connectivity index (χ0) is 15.6. The number of nitrogens with one attached hydrogen (secondary N) is 1. The van der Waals surface area contributed by atoms with E-state index >= 15 is 0 Å². The van der Waals surface area contributed by atoms with Crippen LogP contribution in [0, 0.1) is 5.41 Å². The highest BCUT2D eigenvalue weighted by Crippen LogP contribution is 2.18. The van der Waals surface area contributed by atoms with Crippen LogP contribution in [0.2, 0.25) is 0 Å². The lowest BCUT2D eigenvalue weighted by atomic mass is 9.93. The second-order valence-electron chi connectivity index (χ2n) is 5.36. The van der Waals surface area contributed by atoms with E-state index in [4.69, 9.17) is 10.2 Å². The minimum absolute atomic E-state index is 0.